The molecule has 0 aromatic carbocycles. The number of hydrogen-bond donors (Lipinski definition) is 1. The summed E-state index contributed by atoms with van der Waals surface area (Å²) in [5, 5.41) is 2.92. The fourth-order valence-electron chi connectivity index (χ4n) is 2.01. The van der Waals surface area contributed by atoms with Crippen molar-refractivity contribution < 1.29 is 19.1 Å². The molecule has 1 heterocycles. The lowest BCUT2D eigenvalue weighted by atomic mass is 10.0. The number of carbonyl (C=O) groups is 3. The maximum absolute atomic E-state index is 11.8. The van der Waals surface area contributed by atoms with Crippen LogP contribution in [0.1, 0.15) is 20.3 Å². The highest BCUT2D eigenvalue weighted by Gasteiger charge is 2.28. The van der Waals surface area contributed by atoms with E-state index < -0.39 is 23.7 Å². The Morgan fingerprint density at radius 3 is 2.90 bits per heavy atom. The molecule has 0 aromatic rings. The molecule has 21 heavy (non-hydrogen) atoms. The van der Waals surface area contributed by atoms with Gasteiger partial charge in [-0.3, -0.25) is 19.7 Å². The van der Waals surface area contributed by atoms with Gasteiger partial charge < -0.3 is 9.64 Å². The van der Waals surface area contributed by atoms with Crippen LogP contribution in [0, 0.1) is 12.3 Å². The first-order chi connectivity index (χ1) is 10.0. The fraction of sp³-hybridized carbons (Fsp3) is 0.533. The summed E-state index contributed by atoms with van der Waals surface area (Å²) in [6.07, 6.45) is 8.43. The van der Waals surface area contributed by atoms with Gasteiger partial charge in [0.05, 0.1) is 19.2 Å². The smallest absolute Gasteiger partial charge is 0.323 e. The monoisotopic (exact) mass is 292 g/mol. The SMILES string of the molecule is C#CCNC(CCN1C=CC(=O)C(=O)C1C)C(=O)OCC. The molecule has 1 rings (SSSR count). The van der Waals surface area contributed by atoms with E-state index in [-0.39, 0.29) is 12.5 Å². The van der Waals surface area contributed by atoms with Crippen LogP contribution in [0.2, 0.25) is 0 Å². The van der Waals surface area contributed by atoms with E-state index in [1.165, 1.54) is 6.08 Å². The predicted octanol–water partition coefficient (Wildman–Crippen LogP) is -0.113. The van der Waals surface area contributed by atoms with Gasteiger partial charge in [-0.2, -0.15) is 0 Å². The third-order valence-corrected chi connectivity index (χ3v) is 3.23. The summed E-state index contributed by atoms with van der Waals surface area (Å²) in [7, 11) is 0. The minimum atomic E-state index is -0.533. The van der Waals surface area contributed by atoms with Crippen LogP contribution in [0.5, 0.6) is 0 Å². The first kappa shape index (κ1) is 16.9. The molecular formula is C15H20N2O4. The first-order valence-electron chi connectivity index (χ1n) is 6.86. The quantitative estimate of drug-likeness (QED) is 0.401. The molecule has 0 saturated carbocycles. The molecular weight excluding hydrogens is 272 g/mol. The highest BCUT2D eigenvalue weighted by atomic mass is 16.5. The lowest BCUT2D eigenvalue weighted by Crippen LogP contribution is -2.45. The molecule has 1 N–H and O–H groups in total. The number of ether oxygens (including phenoxy) is 1. The molecule has 6 heteroatoms. The van der Waals surface area contributed by atoms with Gasteiger partial charge in [-0.25, -0.2) is 0 Å². The number of Topliss-reactive ketones (excluding diaryl/α,β-unsaturated/α-hetero) is 1. The second-order valence-electron chi connectivity index (χ2n) is 4.64. The molecule has 0 bridgehead atoms. The Morgan fingerprint density at radius 2 is 2.29 bits per heavy atom. The third kappa shape index (κ3) is 4.72. The van der Waals surface area contributed by atoms with E-state index in [9.17, 15) is 14.4 Å². The van der Waals surface area contributed by atoms with Crippen molar-refractivity contribution in [1.82, 2.24) is 10.2 Å². The Morgan fingerprint density at radius 1 is 1.57 bits per heavy atom. The standard InChI is InChI=1S/C15H20N2O4/c1-4-8-16-12(15(20)21-5-2)6-9-17-10-7-13(18)14(19)11(17)3/h1,7,10-12,16H,5-6,8-9H2,2-3H3. The molecule has 0 radical (unpaired) electrons. The van der Waals surface area contributed by atoms with Gasteiger partial charge in [0.2, 0.25) is 11.6 Å². The number of ketones is 2. The van der Waals surface area contributed by atoms with Gasteiger partial charge in [-0.15, -0.1) is 6.42 Å². The number of nitrogens with one attached hydrogen (secondary N) is 1. The molecule has 0 aromatic heterocycles. The van der Waals surface area contributed by atoms with Crippen molar-refractivity contribution in [3.8, 4) is 12.3 Å². The number of terminal acetylenes is 1. The van der Waals surface area contributed by atoms with Crippen molar-refractivity contribution >= 4 is 17.5 Å². The summed E-state index contributed by atoms with van der Waals surface area (Å²) < 4.78 is 4.98. The molecule has 0 saturated heterocycles. The lowest BCUT2D eigenvalue weighted by molar-refractivity contribution is -0.145. The number of carbonyl (C=O) groups excluding carboxylic acids is 3. The zero-order valence-corrected chi connectivity index (χ0v) is 12.3. The van der Waals surface area contributed by atoms with Gasteiger partial charge in [0.25, 0.3) is 0 Å². The van der Waals surface area contributed by atoms with Crippen LogP contribution < -0.4 is 5.32 Å². The average molecular weight is 292 g/mol. The van der Waals surface area contributed by atoms with Crippen LogP contribution >= 0.6 is 0 Å². The normalized spacial score (nSPS) is 19.3. The van der Waals surface area contributed by atoms with E-state index in [0.29, 0.717) is 19.6 Å². The zero-order valence-electron chi connectivity index (χ0n) is 12.3. The van der Waals surface area contributed by atoms with E-state index in [1.807, 2.05) is 0 Å². The number of allylic oxidation sites excluding steroid dienone is 1. The molecule has 0 spiro atoms. The topological polar surface area (TPSA) is 75.7 Å². The van der Waals surface area contributed by atoms with E-state index in [4.69, 9.17) is 11.2 Å². The van der Waals surface area contributed by atoms with Crippen molar-refractivity contribution in [3.05, 3.63) is 12.3 Å². The van der Waals surface area contributed by atoms with E-state index >= 15 is 0 Å². The van der Waals surface area contributed by atoms with Crippen molar-refractivity contribution in [2.24, 2.45) is 0 Å². The van der Waals surface area contributed by atoms with Gasteiger partial charge in [0.15, 0.2) is 0 Å². The molecule has 114 valence electrons. The van der Waals surface area contributed by atoms with Gasteiger partial charge in [-0.05, 0) is 20.3 Å². The van der Waals surface area contributed by atoms with Crippen molar-refractivity contribution in [3.63, 3.8) is 0 Å². The summed E-state index contributed by atoms with van der Waals surface area (Å²) in [5.74, 6) is 1.10. The van der Waals surface area contributed by atoms with Gasteiger partial charge in [0.1, 0.15) is 6.04 Å². The maximum Gasteiger partial charge on any atom is 0.323 e. The first-order valence-corrected chi connectivity index (χ1v) is 6.86. The van der Waals surface area contributed by atoms with Gasteiger partial charge in [-0.1, -0.05) is 5.92 Å². The van der Waals surface area contributed by atoms with Crippen LogP contribution in [0.15, 0.2) is 12.3 Å². The highest BCUT2D eigenvalue weighted by Crippen LogP contribution is 2.11. The van der Waals surface area contributed by atoms with Crippen LogP contribution in [0.4, 0.5) is 0 Å². The number of rotatable bonds is 7. The Balaban J connectivity index is 2.62. The van der Waals surface area contributed by atoms with E-state index in [1.54, 1.807) is 24.9 Å². The second-order valence-corrected chi connectivity index (χ2v) is 4.64. The minimum Gasteiger partial charge on any atom is -0.465 e. The number of hydrogen-bond acceptors (Lipinski definition) is 6. The number of esters is 1. The van der Waals surface area contributed by atoms with Crippen molar-refractivity contribution in [2.75, 3.05) is 19.7 Å². The summed E-state index contributed by atoms with van der Waals surface area (Å²) in [4.78, 5) is 36.4. The van der Waals surface area contributed by atoms with Crippen LogP contribution in [0.25, 0.3) is 0 Å². The van der Waals surface area contributed by atoms with Crippen molar-refractivity contribution in [1.29, 1.82) is 0 Å². The molecule has 6 nitrogen and oxygen atoms in total. The van der Waals surface area contributed by atoms with Gasteiger partial charge in [0, 0.05) is 18.8 Å². The molecule has 0 fully saturated rings. The Hall–Kier alpha value is -2.13. The Labute approximate surface area is 124 Å². The number of nitrogens with zero attached hydrogens (tertiary/aromatic N) is 1. The lowest BCUT2D eigenvalue weighted by Gasteiger charge is -2.30. The summed E-state index contributed by atoms with van der Waals surface area (Å²) in [6, 6.07) is -1.05. The molecule has 0 aliphatic carbocycles. The summed E-state index contributed by atoms with van der Waals surface area (Å²) >= 11 is 0. The fourth-order valence-corrected chi connectivity index (χ4v) is 2.01. The largest absolute Gasteiger partial charge is 0.465 e. The molecule has 2 unspecified atom stereocenters. The minimum absolute atomic E-state index is 0.256. The van der Waals surface area contributed by atoms with Crippen LogP contribution in [0.3, 0.4) is 0 Å². The van der Waals surface area contributed by atoms with E-state index in [2.05, 4.69) is 11.2 Å². The Bertz CT molecular complexity index is 479. The van der Waals surface area contributed by atoms with Crippen LogP contribution in [-0.4, -0.2) is 54.2 Å². The average Bonchev–Trinajstić information content (AvgIpc) is 2.47. The van der Waals surface area contributed by atoms with E-state index in [0.717, 1.165) is 0 Å². The molecule has 0 amide bonds. The second kappa shape index (κ2) is 8.22. The summed E-state index contributed by atoms with van der Waals surface area (Å²) in [5.41, 5.74) is 0. The molecule has 1 aliphatic heterocycles. The highest BCUT2D eigenvalue weighted by molar-refractivity contribution is 6.43. The van der Waals surface area contributed by atoms with Crippen molar-refractivity contribution in [2.45, 2.75) is 32.4 Å². The van der Waals surface area contributed by atoms with Crippen LogP contribution in [-0.2, 0) is 19.1 Å². The Kier molecular flexibility index (Phi) is 6.63. The predicted molar refractivity (Wildman–Crippen MR) is 77.2 cm³/mol. The maximum atomic E-state index is 11.8. The third-order valence-electron chi connectivity index (χ3n) is 3.23. The molecule has 1 aliphatic rings. The van der Waals surface area contributed by atoms with Gasteiger partial charge >= 0.3 is 5.97 Å². The summed E-state index contributed by atoms with van der Waals surface area (Å²) in [6.45, 7) is 4.39. The molecule has 2 atom stereocenters. The zero-order chi connectivity index (χ0) is 15.8.